The highest BCUT2D eigenvalue weighted by Gasteiger charge is 2.19. The molecule has 5 rings (SSSR count). The molecule has 6 heteroatoms. The summed E-state index contributed by atoms with van der Waals surface area (Å²) in [6.07, 6.45) is 1.81. The lowest BCUT2D eigenvalue weighted by atomic mass is 10.1. The maximum Gasteiger partial charge on any atom is 0.349 e. The lowest BCUT2D eigenvalue weighted by Crippen LogP contribution is -2.21. The lowest BCUT2D eigenvalue weighted by Gasteiger charge is -2.08. The molecule has 0 atom stereocenters. The SMILES string of the molecule is O=C(Nc1c(-c2ccccc2)nc2ccccn12)c1cc2ccccc2oc1=O. The quantitative estimate of drug-likeness (QED) is 0.471. The predicted molar refractivity (Wildman–Crippen MR) is 111 cm³/mol. The Morgan fingerprint density at radius 2 is 1.69 bits per heavy atom. The second-order valence-electron chi connectivity index (χ2n) is 6.54. The Morgan fingerprint density at radius 3 is 2.55 bits per heavy atom. The maximum absolute atomic E-state index is 13.0. The summed E-state index contributed by atoms with van der Waals surface area (Å²) >= 11 is 0. The molecule has 0 saturated carbocycles. The molecule has 3 heterocycles. The van der Waals surface area contributed by atoms with Crippen molar-refractivity contribution >= 4 is 28.3 Å². The summed E-state index contributed by atoms with van der Waals surface area (Å²) in [5.74, 6) is -0.0586. The van der Waals surface area contributed by atoms with Gasteiger partial charge in [0.25, 0.3) is 5.91 Å². The van der Waals surface area contributed by atoms with E-state index in [-0.39, 0.29) is 5.56 Å². The second kappa shape index (κ2) is 6.76. The minimum atomic E-state index is -0.684. The molecule has 0 fully saturated rings. The lowest BCUT2D eigenvalue weighted by molar-refractivity contribution is 0.102. The largest absolute Gasteiger partial charge is 0.422 e. The monoisotopic (exact) mass is 381 g/mol. The fraction of sp³-hybridized carbons (Fsp3) is 0. The Kier molecular flexibility index (Phi) is 3.95. The molecule has 5 aromatic rings. The molecule has 3 aromatic heterocycles. The van der Waals surface area contributed by atoms with Crippen LogP contribution in [0.3, 0.4) is 0 Å². The molecule has 140 valence electrons. The zero-order valence-corrected chi connectivity index (χ0v) is 15.2. The van der Waals surface area contributed by atoms with E-state index in [2.05, 4.69) is 10.3 Å². The minimum absolute atomic E-state index is 0.0615. The molecule has 0 spiro atoms. The van der Waals surface area contributed by atoms with Crippen LogP contribution in [0.1, 0.15) is 10.4 Å². The summed E-state index contributed by atoms with van der Waals surface area (Å²) in [4.78, 5) is 30.0. The Hall–Kier alpha value is -4.19. The van der Waals surface area contributed by atoms with Crippen LogP contribution in [0, 0.1) is 0 Å². The van der Waals surface area contributed by atoms with Gasteiger partial charge in [0.05, 0.1) is 0 Å². The van der Waals surface area contributed by atoms with Crippen LogP contribution >= 0.6 is 0 Å². The van der Waals surface area contributed by atoms with Crippen molar-refractivity contribution in [2.45, 2.75) is 0 Å². The molecule has 0 radical (unpaired) electrons. The summed E-state index contributed by atoms with van der Waals surface area (Å²) in [5, 5.41) is 3.53. The topological polar surface area (TPSA) is 76.6 Å². The molecule has 1 N–H and O–H groups in total. The number of pyridine rings is 1. The van der Waals surface area contributed by atoms with Gasteiger partial charge in [-0.3, -0.25) is 9.20 Å². The van der Waals surface area contributed by atoms with Crippen molar-refractivity contribution in [3.63, 3.8) is 0 Å². The molecule has 29 heavy (non-hydrogen) atoms. The predicted octanol–water partition coefficient (Wildman–Crippen LogP) is 4.36. The zero-order valence-electron chi connectivity index (χ0n) is 15.2. The van der Waals surface area contributed by atoms with E-state index in [1.54, 1.807) is 28.7 Å². The standard InChI is InChI=1S/C23H15N3O3/c27-22(17-14-16-10-4-5-11-18(16)29-23(17)28)25-21-20(15-8-2-1-3-9-15)24-19-12-6-7-13-26(19)21/h1-14H,(H,25,27). The van der Waals surface area contributed by atoms with Gasteiger partial charge >= 0.3 is 5.63 Å². The van der Waals surface area contributed by atoms with Crippen molar-refractivity contribution in [3.05, 3.63) is 101 Å². The summed E-state index contributed by atoms with van der Waals surface area (Å²) in [6.45, 7) is 0. The van der Waals surface area contributed by atoms with Crippen molar-refractivity contribution in [1.29, 1.82) is 0 Å². The second-order valence-corrected chi connectivity index (χ2v) is 6.54. The van der Waals surface area contributed by atoms with Crippen LogP contribution in [-0.2, 0) is 0 Å². The average molecular weight is 381 g/mol. The number of carbonyl (C=O) groups excluding carboxylic acids is 1. The van der Waals surface area contributed by atoms with Gasteiger partial charge in [0.1, 0.15) is 28.3 Å². The van der Waals surface area contributed by atoms with Crippen molar-refractivity contribution in [1.82, 2.24) is 9.38 Å². The highest BCUT2D eigenvalue weighted by atomic mass is 16.4. The van der Waals surface area contributed by atoms with Gasteiger partial charge in [0.2, 0.25) is 0 Å². The highest BCUT2D eigenvalue weighted by Crippen LogP contribution is 2.29. The zero-order chi connectivity index (χ0) is 19.8. The van der Waals surface area contributed by atoms with Crippen LogP contribution in [-0.4, -0.2) is 15.3 Å². The van der Waals surface area contributed by atoms with Crippen LogP contribution in [0.2, 0.25) is 0 Å². The number of hydrogen-bond acceptors (Lipinski definition) is 4. The summed E-state index contributed by atoms with van der Waals surface area (Å²) in [6, 6.07) is 23.8. The maximum atomic E-state index is 13.0. The minimum Gasteiger partial charge on any atom is -0.422 e. The molecule has 2 aromatic carbocycles. The first kappa shape index (κ1) is 16.9. The third-order valence-electron chi connectivity index (χ3n) is 4.70. The van der Waals surface area contributed by atoms with Crippen LogP contribution in [0.25, 0.3) is 27.9 Å². The molecule has 0 aliphatic heterocycles. The number of imidazole rings is 1. The fourth-order valence-electron chi connectivity index (χ4n) is 3.31. The van der Waals surface area contributed by atoms with Gasteiger partial charge in [0.15, 0.2) is 0 Å². The van der Waals surface area contributed by atoms with Gasteiger partial charge in [-0.15, -0.1) is 0 Å². The Labute approximate surface area is 165 Å². The summed E-state index contributed by atoms with van der Waals surface area (Å²) < 4.78 is 7.08. The average Bonchev–Trinajstić information content (AvgIpc) is 3.12. The molecule has 0 unspecified atom stereocenters. The molecule has 0 aliphatic carbocycles. The van der Waals surface area contributed by atoms with Gasteiger partial charge in [-0.2, -0.15) is 0 Å². The van der Waals surface area contributed by atoms with Crippen LogP contribution < -0.4 is 10.9 Å². The smallest absolute Gasteiger partial charge is 0.349 e. The van der Waals surface area contributed by atoms with Crippen molar-refractivity contribution in [3.8, 4) is 11.3 Å². The van der Waals surface area contributed by atoms with Gasteiger partial charge < -0.3 is 9.73 Å². The van der Waals surface area contributed by atoms with E-state index in [0.29, 0.717) is 28.1 Å². The number of nitrogens with one attached hydrogen (secondary N) is 1. The molecule has 0 bridgehead atoms. The van der Waals surface area contributed by atoms with Crippen LogP contribution in [0.5, 0.6) is 0 Å². The number of para-hydroxylation sites is 1. The van der Waals surface area contributed by atoms with Gasteiger partial charge in [-0.1, -0.05) is 54.6 Å². The van der Waals surface area contributed by atoms with Crippen LogP contribution in [0.4, 0.5) is 5.82 Å². The third kappa shape index (κ3) is 2.96. The number of aromatic nitrogens is 2. The van der Waals surface area contributed by atoms with Crippen LogP contribution in [0.15, 0.2) is 94.3 Å². The normalized spacial score (nSPS) is 11.0. The molecule has 1 amide bonds. The molecule has 6 nitrogen and oxygen atoms in total. The molecule has 0 saturated heterocycles. The number of carbonyl (C=O) groups is 1. The molecule has 0 aliphatic rings. The number of fused-ring (bicyclic) bond motifs is 2. The van der Waals surface area contributed by atoms with E-state index in [1.165, 1.54) is 0 Å². The van der Waals surface area contributed by atoms with E-state index in [1.807, 2.05) is 60.8 Å². The molecular weight excluding hydrogens is 366 g/mol. The number of rotatable bonds is 3. The number of anilines is 1. The number of amides is 1. The Bertz CT molecular complexity index is 1420. The molecular formula is C23H15N3O3. The number of hydrogen-bond donors (Lipinski definition) is 1. The van der Waals surface area contributed by atoms with E-state index in [9.17, 15) is 9.59 Å². The Morgan fingerprint density at radius 1 is 0.931 bits per heavy atom. The number of benzene rings is 2. The van der Waals surface area contributed by atoms with E-state index < -0.39 is 11.5 Å². The first-order chi connectivity index (χ1) is 14.2. The van der Waals surface area contributed by atoms with Gasteiger partial charge in [-0.05, 0) is 24.3 Å². The van der Waals surface area contributed by atoms with E-state index in [4.69, 9.17) is 4.42 Å². The number of nitrogens with zero attached hydrogens (tertiary/aromatic N) is 2. The van der Waals surface area contributed by atoms with Gasteiger partial charge in [0, 0.05) is 17.1 Å². The van der Waals surface area contributed by atoms with Crippen molar-refractivity contribution in [2.75, 3.05) is 5.32 Å². The van der Waals surface area contributed by atoms with E-state index >= 15 is 0 Å². The highest BCUT2D eigenvalue weighted by molar-refractivity contribution is 6.06. The Balaban J connectivity index is 1.63. The third-order valence-corrected chi connectivity index (χ3v) is 4.70. The van der Waals surface area contributed by atoms with Gasteiger partial charge in [-0.25, -0.2) is 9.78 Å². The summed E-state index contributed by atoms with van der Waals surface area (Å²) in [5.41, 5.74) is 1.86. The fourth-order valence-corrected chi connectivity index (χ4v) is 3.31. The summed E-state index contributed by atoms with van der Waals surface area (Å²) in [7, 11) is 0. The first-order valence-corrected chi connectivity index (χ1v) is 9.07. The van der Waals surface area contributed by atoms with Crippen molar-refractivity contribution in [2.24, 2.45) is 0 Å². The van der Waals surface area contributed by atoms with Crippen molar-refractivity contribution < 1.29 is 9.21 Å². The van der Waals surface area contributed by atoms with E-state index in [0.717, 1.165) is 5.56 Å². The first-order valence-electron chi connectivity index (χ1n) is 9.07.